The monoisotopic (exact) mass is 304 g/mol. The van der Waals surface area contributed by atoms with Gasteiger partial charge in [0.25, 0.3) is 0 Å². The molecule has 0 bridgehead atoms. The number of aliphatic hydroxyl groups is 1. The number of rotatable bonds is 4. The molecule has 1 N–H and O–H groups in total. The van der Waals surface area contributed by atoms with Gasteiger partial charge < -0.3 is 14.7 Å². The fourth-order valence-corrected chi connectivity index (χ4v) is 3.84. The topological polar surface area (TPSA) is 62.7 Å². The van der Waals surface area contributed by atoms with E-state index in [2.05, 4.69) is 4.98 Å². The average molecular weight is 304 g/mol. The van der Waals surface area contributed by atoms with Crippen LogP contribution in [0.4, 0.5) is 0 Å². The Morgan fingerprint density at radius 1 is 1.50 bits per heavy atom. The van der Waals surface area contributed by atoms with Gasteiger partial charge in [0.2, 0.25) is 5.91 Å². The van der Waals surface area contributed by atoms with E-state index in [1.165, 1.54) is 0 Å². The van der Waals surface area contributed by atoms with Crippen molar-refractivity contribution >= 4 is 5.91 Å². The molecule has 120 valence electrons. The molecule has 0 aromatic carbocycles. The number of pyridine rings is 1. The van der Waals surface area contributed by atoms with E-state index >= 15 is 0 Å². The fourth-order valence-electron chi connectivity index (χ4n) is 3.84. The maximum Gasteiger partial charge on any atom is 0.222 e. The zero-order valence-electron chi connectivity index (χ0n) is 13.1. The molecule has 2 aliphatic rings. The Bertz CT molecular complexity index is 512. The van der Waals surface area contributed by atoms with Gasteiger partial charge in [0.15, 0.2) is 0 Å². The Kier molecular flexibility index (Phi) is 4.45. The lowest BCUT2D eigenvalue weighted by Crippen LogP contribution is -2.62. The van der Waals surface area contributed by atoms with E-state index in [1.54, 1.807) is 13.3 Å². The molecule has 2 atom stereocenters. The van der Waals surface area contributed by atoms with E-state index in [1.807, 2.05) is 23.2 Å². The van der Waals surface area contributed by atoms with Crippen LogP contribution in [-0.4, -0.2) is 53.3 Å². The highest BCUT2D eigenvalue weighted by Crippen LogP contribution is 2.50. The predicted octanol–water partition coefficient (Wildman–Crippen LogP) is 1.40. The molecule has 3 rings (SSSR count). The van der Waals surface area contributed by atoms with Crippen LogP contribution in [-0.2, 0) is 16.0 Å². The smallest absolute Gasteiger partial charge is 0.222 e. The first-order chi connectivity index (χ1) is 10.7. The lowest BCUT2D eigenvalue weighted by atomic mass is 9.58. The lowest BCUT2D eigenvalue weighted by Gasteiger charge is -2.56. The van der Waals surface area contributed by atoms with Crippen LogP contribution in [0.3, 0.4) is 0 Å². The minimum absolute atomic E-state index is 0.116. The van der Waals surface area contributed by atoms with Crippen LogP contribution in [0, 0.1) is 5.41 Å². The van der Waals surface area contributed by atoms with Crippen LogP contribution in [0.25, 0.3) is 0 Å². The normalized spacial score (nSPS) is 26.7. The number of amides is 1. The molecular weight excluding hydrogens is 280 g/mol. The van der Waals surface area contributed by atoms with Gasteiger partial charge >= 0.3 is 0 Å². The molecule has 0 unspecified atom stereocenters. The number of methoxy groups -OCH3 is 1. The summed E-state index contributed by atoms with van der Waals surface area (Å²) in [6.45, 7) is 1.45. The van der Waals surface area contributed by atoms with Gasteiger partial charge in [-0.1, -0.05) is 6.07 Å². The molecule has 1 saturated carbocycles. The highest BCUT2D eigenvalue weighted by Gasteiger charge is 2.56. The van der Waals surface area contributed by atoms with E-state index in [0.717, 1.165) is 44.3 Å². The van der Waals surface area contributed by atoms with Crippen molar-refractivity contribution in [1.29, 1.82) is 0 Å². The van der Waals surface area contributed by atoms with Crippen molar-refractivity contribution in [1.82, 2.24) is 9.88 Å². The largest absolute Gasteiger partial charge is 0.392 e. The second kappa shape index (κ2) is 6.34. The van der Waals surface area contributed by atoms with Crippen molar-refractivity contribution < 1.29 is 14.6 Å². The number of aromatic nitrogens is 1. The van der Waals surface area contributed by atoms with Crippen LogP contribution >= 0.6 is 0 Å². The van der Waals surface area contributed by atoms with Crippen molar-refractivity contribution in [3.63, 3.8) is 0 Å². The summed E-state index contributed by atoms with van der Waals surface area (Å²) < 4.78 is 5.48. The summed E-state index contributed by atoms with van der Waals surface area (Å²) in [6, 6.07) is 3.90. The highest BCUT2D eigenvalue weighted by atomic mass is 16.5. The lowest BCUT2D eigenvalue weighted by molar-refractivity contribution is -0.202. The van der Waals surface area contributed by atoms with Gasteiger partial charge in [-0.25, -0.2) is 0 Å². The molecule has 1 saturated heterocycles. The first-order valence-corrected chi connectivity index (χ1v) is 8.03. The van der Waals surface area contributed by atoms with Crippen molar-refractivity contribution in [3.05, 3.63) is 30.1 Å². The second-order valence-electron chi connectivity index (χ2n) is 6.45. The molecule has 1 amide bonds. The molecular formula is C17H24N2O3. The number of likely N-dealkylation sites (tertiary alicyclic amines) is 1. The first kappa shape index (κ1) is 15.4. The Hall–Kier alpha value is -1.46. The SMILES string of the molecule is CO[C@H]1C[C@@H](O)C12CCN(C(=O)CCc1cccnc1)CC2. The van der Waals surface area contributed by atoms with E-state index in [9.17, 15) is 9.90 Å². The Morgan fingerprint density at radius 3 is 2.86 bits per heavy atom. The van der Waals surface area contributed by atoms with E-state index in [-0.39, 0.29) is 23.5 Å². The number of carbonyl (C=O) groups is 1. The van der Waals surface area contributed by atoms with Crippen molar-refractivity contribution in [2.75, 3.05) is 20.2 Å². The van der Waals surface area contributed by atoms with E-state index in [4.69, 9.17) is 4.74 Å². The zero-order valence-corrected chi connectivity index (χ0v) is 13.1. The molecule has 2 fully saturated rings. The predicted molar refractivity (Wildman–Crippen MR) is 82.2 cm³/mol. The van der Waals surface area contributed by atoms with Crippen LogP contribution in [0.5, 0.6) is 0 Å². The standard InChI is InChI=1S/C17H24N2O3/c1-22-15-11-14(20)17(15)6-9-19(10-7-17)16(21)5-4-13-3-2-8-18-12-13/h2-3,8,12,14-15,20H,4-7,9-11H2,1H3/t14-,15+/m1/s1. The number of aryl methyl sites for hydroxylation is 1. The number of hydrogen-bond donors (Lipinski definition) is 1. The van der Waals surface area contributed by atoms with Crippen molar-refractivity contribution in [2.24, 2.45) is 5.41 Å². The Balaban J connectivity index is 1.50. The minimum atomic E-state index is -0.273. The van der Waals surface area contributed by atoms with Crippen LogP contribution in [0.15, 0.2) is 24.5 Å². The molecule has 22 heavy (non-hydrogen) atoms. The first-order valence-electron chi connectivity index (χ1n) is 8.03. The quantitative estimate of drug-likeness (QED) is 0.913. The van der Waals surface area contributed by atoms with Crippen LogP contribution in [0.2, 0.25) is 0 Å². The van der Waals surface area contributed by atoms with Crippen LogP contribution in [0.1, 0.15) is 31.2 Å². The van der Waals surface area contributed by atoms with Crippen molar-refractivity contribution in [3.8, 4) is 0 Å². The Labute approximate surface area is 131 Å². The molecule has 1 spiro atoms. The summed E-state index contributed by atoms with van der Waals surface area (Å²) in [6.07, 6.45) is 7.09. The number of piperidine rings is 1. The number of carbonyl (C=O) groups excluding carboxylic acids is 1. The van der Waals surface area contributed by atoms with Gasteiger partial charge in [0, 0.05) is 50.8 Å². The molecule has 1 aliphatic heterocycles. The number of nitrogens with zero attached hydrogens (tertiary/aromatic N) is 2. The van der Waals surface area contributed by atoms with Crippen LogP contribution < -0.4 is 0 Å². The van der Waals surface area contributed by atoms with Gasteiger partial charge in [-0.2, -0.15) is 0 Å². The van der Waals surface area contributed by atoms with Gasteiger partial charge in [0.05, 0.1) is 12.2 Å². The molecule has 1 aromatic heterocycles. The summed E-state index contributed by atoms with van der Waals surface area (Å²) in [4.78, 5) is 18.3. The van der Waals surface area contributed by atoms with Gasteiger partial charge in [-0.15, -0.1) is 0 Å². The minimum Gasteiger partial charge on any atom is -0.392 e. The highest BCUT2D eigenvalue weighted by molar-refractivity contribution is 5.76. The number of aliphatic hydroxyl groups excluding tert-OH is 1. The number of hydrogen-bond acceptors (Lipinski definition) is 4. The third-order valence-corrected chi connectivity index (χ3v) is 5.42. The van der Waals surface area contributed by atoms with E-state index in [0.29, 0.717) is 6.42 Å². The van der Waals surface area contributed by atoms with Gasteiger partial charge in [-0.05, 0) is 30.9 Å². The molecule has 1 aromatic rings. The number of ether oxygens (including phenoxy) is 1. The van der Waals surface area contributed by atoms with Gasteiger partial charge in [0.1, 0.15) is 0 Å². The fraction of sp³-hybridized carbons (Fsp3) is 0.647. The third kappa shape index (κ3) is 2.75. The molecule has 5 nitrogen and oxygen atoms in total. The molecule has 1 aliphatic carbocycles. The Morgan fingerprint density at radius 2 is 2.27 bits per heavy atom. The zero-order chi connectivity index (χ0) is 15.6. The summed E-state index contributed by atoms with van der Waals surface area (Å²) in [5, 5.41) is 10.1. The maximum atomic E-state index is 12.3. The summed E-state index contributed by atoms with van der Waals surface area (Å²) >= 11 is 0. The summed E-state index contributed by atoms with van der Waals surface area (Å²) in [5.74, 6) is 0.196. The average Bonchev–Trinajstić information content (AvgIpc) is 2.58. The third-order valence-electron chi connectivity index (χ3n) is 5.42. The second-order valence-corrected chi connectivity index (χ2v) is 6.45. The molecule has 5 heteroatoms. The van der Waals surface area contributed by atoms with Crippen molar-refractivity contribution in [2.45, 2.75) is 44.3 Å². The van der Waals surface area contributed by atoms with Gasteiger partial charge in [-0.3, -0.25) is 9.78 Å². The maximum absolute atomic E-state index is 12.3. The molecule has 0 radical (unpaired) electrons. The summed E-state index contributed by atoms with van der Waals surface area (Å²) in [5.41, 5.74) is 0.979. The molecule has 2 heterocycles. The summed E-state index contributed by atoms with van der Waals surface area (Å²) in [7, 11) is 1.71. The van der Waals surface area contributed by atoms with E-state index < -0.39 is 0 Å².